The molecule has 0 aliphatic carbocycles. The molecule has 0 bridgehead atoms. The first-order valence-corrected chi connectivity index (χ1v) is 6.70. The Hall–Kier alpha value is -1.37. The van der Waals surface area contributed by atoms with Crippen molar-refractivity contribution in [2.75, 3.05) is 13.6 Å². The highest BCUT2D eigenvalue weighted by Crippen LogP contribution is 2.19. The Morgan fingerprint density at radius 3 is 2.55 bits per heavy atom. The summed E-state index contributed by atoms with van der Waals surface area (Å²) in [4.78, 5) is 16.7. The fourth-order valence-electron chi connectivity index (χ4n) is 2.10. The minimum atomic E-state index is -0.0951. The monoisotopic (exact) mass is 347 g/mol. The number of pyridine rings is 1. The van der Waals surface area contributed by atoms with Crippen LogP contribution in [0.4, 0.5) is 0 Å². The van der Waals surface area contributed by atoms with Gasteiger partial charge in [0.1, 0.15) is 0 Å². The fraction of sp³-hybridized carbons (Fsp3) is 0.500. The van der Waals surface area contributed by atoms with Crippen molar-refractivity contribution in [1.29, 1.82) is 0 Å². The lowest BCUT2D eigenvalue weighted by molar-refractivity contribution is 0.0949. The van der Waals surface area contributed by atoms with Crippen molar-refractivity contribution in [3.05, 3.63) is 23.0 Å². The molecule has 0 saturated heterocycles. The van der Waals surface area contributed by atoms with Gasteiger partial charge in [0.15, 0.2) is 5.65 Å². The van der Waals surface area contributed by atoms with Crippen molar-refractivity contribution in [3.8, 4) is 0 Å². The van der Waals surface area contributed by atoms with Crippen LogP contribution in [0.5, 0.6) is 0 Å². The van der Waals surface area contributed by atoms with E-state index in [1.165, 1.54) is 0 Å². The van der Waals surface area contributed by atoms with Gasteiger partial charge >= 0.3 is 0 Å². The van der Waals surface area contributed by atoms with E-state index in [1.54, 1.807) is 4.68 Å². The van der Waals surface area contributed by atoms with Crippen LogP contribution in [-0.2, 0) is 7.05 Å². The molecule has 0 aromatic carbocycles. The molecule has 2 rings (SSSR count). The van der Waals surface area contributed by atoms with Crippen LogP contribution in [0.1, 0.15) is 28.7 Å². The van der Waals surface area contributed by atoms with Gasteiger partial charge in [-0.05, 0) is 33.9 Å². The number of fused-ring (bicyclic) bond motifs is 1. The molecule has 0 spiro atoms. The van der Waals surface area contributed by atoms with Gasteiger partial charge < -0.3 is 10.6 Å². The number of hydrogen-bond donors (Lipinski definition) is 2. The predicted octanol–water partition coefficient (Wildman–Crippen LogP) is 1.77. The van der Waals surface area contributed by atoms with E-state index in [4.69, 9.17) is 0 Å². The third-order valence-corrected chi connectivity index (χ3v) is 3.50. The number of nitrogens with zero attached hydrogens (tertiary/aromatic N) is 3. The summed E-state index contributed by atoms with van der Waals surface area (Å²) in [6.45, 7) is 6.36. The second-order valence-electron chi connectivity index (χ2n) is 5.10. The molecular formula is C14H23Cl2N5O. The number of carbonyl (C=O) groups is 1. The summed E-state index contributed by atoms with van der Waals surface area (Å²) < 4.78 is 1.74. The van der Waals surface area contributed by atoms with Crippen LogP contribution in [0, 0.1) is 13.8 Å². The van der Waals surface area contributed by atoms with Crippen LogP contribution in [0.3, 0.4) is 0 Å². The van der Waals surface area contributed by atoms with Gasteiger partial charge in [0.25, 0.3) is 5.91 Å². The second-order valence-corrected chi connectivity index (χ2v) is 5.10. The highest BCUT2D eigenvalue weighted by atomic mass is 35.5. The van der Waals surface area contributed by atoms with Crippen molar-refractivity contribution in [2.45, 2.75) is 26.8 Å². The van der Waals surface area contributed by atoms with E-state index in [0.717, 1.165) is 22.4 Å². The van der Waals surface area contributed by atoms with Gasteiger partial charge in [-0.1, -0.05) is 0 Å². The van der Waals surface area contributed by atoms with Crippen molar-refractivity contribution < 1.29 is 4.79 Å². The lowest BCUT2D eigenvalue weighted by Gasteiger charge is -2.12. The van der Waals surface area contributed by atoms with Crippen molar-refractivity contribution in [2.24, 2.45) is 7.05 Å². The number of carbonyl (C=O) groups excluding carboxylic acids is 1. The molecule has 1 unspecified atom stereocenters. The van der Waals surface area contributed by atoms with E-state index in [2.05, 4.69) is 20.7 Å². The summed E-state index contributed by atoms with van der Waals surface area (Å²) in [6, 6.07) is 2.11. The van der Waals surface area contributed by atoms with Crippen LogP contribution in [0.25, 0.3) is 11.0 Å². The topological polar surface area (TPSA) is 71.8 Å². The molecule has 2 N–H and O–H groups in total. The van der Waals surface area contributed by atoms with Gasteiger partial charge in [0.2, 0.25) is 0 Å². The Kier molecular flexibility index (Phi) is 7.79. The lowest BCUT2D eigenvalue weighted by atomic mass is 10.1. The summed E-state index contributed by atoms with van der Waals surface area (Å²) in [5.41, 5.74) is 3.01. The van der Waals surface area contributed by atoms with E-state index >= 15 is 0 Å². The van der Waals surface area contributed by atoms with Crippen LogP contribution in [-0.4, -0.2) is 40.3 Å². The number of likely N-dealkylation sites (N-methyl/N-ethyl adjacent to an activating group) is 1. The Labute approximate surface area is 142 Å². The van der Waals surface area contributed by atoms with Gasteiger partial charge in [-0.2, -0.15) is 5.10 Å². The maximum absolute atomic E-state index is 12.2. The molecule has 6 nitrogen and oxygen atoms in total. The van der Waals surface area contributed by atoms with E-state index in [0.29, 0.717) is 12.1 Å². The van der Waals surface area contributed by atoms with Gasteiger partial charge in [-0.25, -0.2) is 4.98 Å². The molecule has 1 amide bonds. The first-order chi connectivity index (χ1) is 9.43. The molecule has 0 aliphatic heterocycles. The Balaban J connectivity index is 0.00000220. The number of aryl methyl sites for hydroxylation is 3. The van der Waals surface area contributed by atoms with Crippen molar-refractivity contribution in [1.82, 2.24) is 25.4 Å². The maximum atomic E-state index is 12.2. The smallest absolute Gasteiger partial charge is 0.253 e. The first kappa shape index (κ1) is 20.6. The summed E-state index contributed by atoms with van der Waals surface area (Å²) in [5, 5.41) is 11.3. The minimum absolute atomic E-state index is 0. The van der Waals surface area contributed by atoms with Crippen LogP contribution in [0.15, 0.2) is 6.07 Å². The SMILES string of the molecule is CNC(C)CNC(=O)c1cc2c(C)nn(C)c2nc1C.Cl.Cl. The fourth-order valence-corrected chi connectivity index (χ4v) is 2.10. The van der Waals surface area contributed by atoms with E-state index in [-0.39, 0.29) is 36.8 Å². The molecule has 8 heteroatoms. The number of nitrogens with one attached hydrogen (secondary N) is 2. The zero-order valence-corrected chi connectivity index (χ0v) is 15.1. The number of rotatable bonds is 4. The zero-order chi connectivity index (χ0) is 14.9. The summed E-state index contributed by atoms with van der Waals surface area (Å²) in [7, 11) is 3.73. The molecule has 0 aliphatic rings. The quantitative estimate of drug-likeness (QED) is 0.883. The molecule has 2 aromatic rings. The van der Waals surface area contributed by atoms with E-state index in [9.17, 15) is 4.79 Å². The zero-order valence-electron chi connectivity index (χ0n) is 13.4. The highest BCUT2D eigenvalue weighted by molar-refractivity contribution is 5.98. The standard InChI is InChI=1S/C14H21N5O.2ClH/c1-8(15-4)7-16-14(20)12-6-11-10(3)18-19(5)13(11)17-9(12)2;;/h6,8,15H,7H2,1-5H3,(H,16,20);2*1H. The molecule has 124 valence electrons. The van der Waals surface area contributed by atoms with E-state index in [1.807, 2.05) is 40.9 Å². The molecule has 0 radical (unpaired) electrons. The number of halogens is 2. The summed E-state index contributed by atoms with van der Waals surface area (Å²) in [5.74, 6) is -0.0951. The molecular weight excluding hydrogens is 325 g/mol. The lowest BCUT2D eigenvalue weighted by Crippen LogP contribution is -2.37. The third kappa shape index (κ3) is 4.09. The van der Waals surface area contributed by atoms with Crippen molar-refractivity contribution in [3.63, 3.8) is 0 Å². The normalized spacial score (nSPS) is 11.5. The first-order valence-electron chi connectivity index (χ1n) is 6.70. The molecule has 2 aromatic heterocycles. The molecule has 0 fully saturated rings. The second kappa shape index (κ2) is 8.31. The minimum Gasteiger partial charge on any atom is -0.350 e. The largest absolute Gasteiger partial charge is 0.350 e. The Morgan fingerprint density at radius 1 is 1.32 bits per heavy atom. The van der Waals surface area contributed by atoms with Crippen LogP contribution < -0.4 is 10.6 Å². The highest BCUT2D eigenvalue weighted by Gasteiger charge is 2.15. The molecule has 0 saturated carbocycles. The van der Waals surface area contributed by atoms with Gasteiger partial charge in [-0.15, -0.1) is 24.8 Å². The Morgan fingerprint density at radius 2 is 1.95 bits per heavy atom. The maximum Gasteiger partial charge on any atom is 0.253 e. The van der Waals surface area contributed by atoms with Gasteiger partial charge in [0.05, 0.1) is 17.0 Å². The average Bonchev–Trinajstić information content (AvgIpc) is 2.69. The van der Waals surface area contributed by atoms with Gasteiger partial charge in [-0.3, -0.25) is 9.48 Å². The van der Waals surface area contributed by atoms with Crippen LogP contribution in [0.2, 0.25) is 0 Å². The molecule has 22 heavy (non-hydrogen) atoms. The van der Waals surface area contributed by atoms with Crippen molar-refractivity contribution >= 4 is 41.8 Å². The number of amides is 1. The average molecular weight is 348 g/mol. The van der Waals surface area contributed by atoms with Crippen LogP contribution >= 0.6 is 24.8 Å². The molecule has 1 atom stereocenters. The Bertz CT molecular complexity index is 656. The summed E-state index contributed by atoms with van der Waals surface area (Å²) >= 11 is 0. The van der Waals surface area contributed by atoms with E-state index < -0.39 is 0 Å². The number of hydrogen-bond acceptors (Lipinski definition) is 4. The van der Waals surface area contributed by atoms with Gasteiger partial charge in [0, 0.05) is 25.0 Å². The summed E-state index contributed by atoms with van der Waals surface area (Å²) in [6.07, 6.45) is 0. The molecule has 2 heterocycles. The number of aromatic nitrogens is 3. The predicted molar refractivity (Wildman–Crippen MR) is 93.3 cm³/mol. The third-order valence-electron chi connectivity index (χ3n) is 3.50.